The van der Waals surface area contributed by atoms with Crippen molar-refractivity contribution >= 4 is 11.9 Å². The molecule has 2 aliphatic carbocycles. The lowest BCUT2D eigenvalue weighted by Gasteiger charge is -2.31. The zero-order chi connectivity index (χ0) is 13.4. The van der Waals surface area contributed by atoms with Gasteiger partial charge in [0.1, 0.15) is 0 Å². The van der Waals surface area contributed by atoms with E-state index in [9.17, 15) is 14.7 Å². The minimum Gasteiger partial charge on any atom is -0.481 e. The van der Waals surface area contributed by atoms with Gasteiger partial charge in [0, 0.05) is 12.6 Å². The van der Waals surface area contributed by atoms with E-state index < -0.39 is 5.97 Å². The summed E-state index contributed by atoms with van der Waals surface area (Å²) >= 11 is 0. The summed E-state index contributed by atoms with van der Waals surface area (Å²) in [6.07, 6.45) is 5.00. The van der Waals surface area contributed by atoms with Crippen LogP contribution in [0.5, 0.6) is 0 Å². The van der Waals surface area contributed by atoms with Crippen LogP contribution in [0.4, 0.5) is 0 Å². The molecule has 3 fully saturated rings. The molecule has 1 aliphatic heterocycles. The standard InChI is InChI=1S/C14H22N2O3/c17-13(10-2-1-5-15-7-10)16-12-9-4-3-8(6-9)11(12)14(18)19/h8-12,15H,1-7H2,(H,16,17)(H,18,19)/t8?,9?,10-,11?,12?/m0/s1. The molecule has 2 bridgehead atoms. The molecular formula is C14H22N2O3. The van der Waals surface area contributed by atoms with Gasteiger partial charge in [-0.05, 0) is 50.5 Å². The average molecular weight is 266 g/mol. The summed E-state index contributed by atoms with van der Waals surface area (Å²) in [6.45, 7) is 1.71. The van der Waals surface area contributed by atoms with E-state index in [0.29, 0.717) is 5.92 Å². The number of hydrogen-bond donors (Lipinski definition) is 3. The maximum absolute atomic E-state index is 12.3. The SMILES string of the molecule is O=C(O)C1C2CCC(C2)C1NC(=O)[C@H]1CCCNC1. The molecule has 2 saturated carbocycles. The van der Waals surface area contributed by atoms with Crippen molar-refractivity contribution in [1.82, 2.24) is 10.6 Å². The lowest BCUT2D eigenvalue weighted by Crippen LogP contribution is -2.50. The second kappa shape index (κ2) is 5.12. The van der Waals surface area contributed by atoms with Crippen molar-refractivity contribution in [1.29, 1.82) is 0 Å². The van der Waals surface area contributed by atoms with Gasteiger partial charge in [-0.2, -0.15) is 0 Å². The Kier molecular flexibility index (Phi) is 3.48. The fourth-order valence-corrected chi connectivity index (χ4v) is 4.21. The van der Waals surface area contributed by atoms with Gasteiger partial charge in [0.2, 0.25) is 5.91 Å². The predicted octanol–water partition coefficient (Wildman–Crippen LogP) is 0.602. The first-order valence-electron chi connectivity index (χ1n) is 7.40. The van der Waals surface area contributed by atoms with E-state index in [1.54, 1.807) is 0 Å². The van der Waals surface area contributed by atoms with E-state index >= 15 is 0 Å². The highest BCUT2D eigenvalue weighted by atomic mass is 16.4. The van der Waals surface area contributed by atoms with E-state index in [4.69, 9.17) is 0 Å². The summed E-state index contributed by atoms with van der Waals surface area (Å²) in [5.41, 5.74) is 0. The second-order valence-corrected chi connectivity index (χ2v) is 6.27. The topological polar surface area (TPSA) is 78.4 Å². The first-order chi connectivity index (χ1) is 9.16. The highest BCUT2D eigenvalue weighted by Crippen LogP contribution is 2.48. The molecule has 0 aromatic carbocycles. The molecule has 106 valence electrons. The Hall–Kier alpha value is -1.10. The van der Waals surface area contributed by atoms with Crippen molar-refractivity contribution in [2.45, 2.75) is 38.1 Å². The number of rotatable bonds is 3. The zero-order valence-corrected chi connectivity index (χ0v) is 11.1. The number of aliphatic carboxylic acids is 1. The highest BCUT2D eigenvalue weighted by Gasteiger charge is 2.51. The van der Waals surface area contributed by atoms with Crippen LogP contribution in [0.3, 0.4) is 0 Å². The molecular weight excluding hydrogens is 244 g/mol. The summed E-state index contributed by atoms with van der Waals surface area (Å²) in [6, 6.07) is -0.134. The van der Waals surface area contributed by atoms with Crippen molar-refractivity contribution in [2.24, 2.45) is 23.7 Å². The zero-order valence-electron chi connectivity index (χ0n) is 11.1. The van der Waals surface area contributed by atoms with E-state index in [1.165, 1.54) is 0 Å². The van der Waals surface area contributed by atoms with E-state index in [1.807, 2.05) is 0 Å². The summed E-state index contributed by atoms with van der Waals surface area (Å²) in [5.74, 6) is -0.374. The van der Waals surface area contributed by atoms with Crippen molar-refractivity contribution < 1.29 is 14.7 Å². The monoisotopic (exact) mass is 266 g/mol. The van der Waals surface area contributed by atoms with Gasteiger partial charge in [-0.1, -0.05) is 0 Å². The molecule has 3 rings (SSSR count). The lowest BCUT2D eigenvalue weighted by molar-refractivity contribution is -0.145. The Morgan fingerprint density at radius 3 is 2.63 bits per heavy atom. The lowest BCUT2D eigenvalue weighted by atomic mass is 9.84. The molecule has 0 aromatic rings. The Bertz CT molecular complexity index is 379. The largest absolute Gasteiger partial charge is 0.481 e. The van der Waals surface area contributed by atoms with Crippen LogP contribution in [0.2, 0.25) is 0 Å². The first-order valence-corrected chi connectivity index (χ1v) is 7.40. The van der Waals surface area contributed by atoms with Gasteiger partial charge in [0.25, 0.3) is 0 Å². The van der Waals surface area contributed by atoms with Crippen molar-refractivity contribution in [3.05, 3.63) is 0 Å². The molecule has 5 nitrogen and oxygen atoms in total. The summed E-state index contributed by atoms with van der Waals surface area (Å²) in [4.78, 5) is 23.7. The minimum absolute atomic E-state index is 0.0160. The van der Waals surface area contributed by atoms with Crippen LogP contribution in [0.15, 0.2) is 0 Å². The number of carboxylic acids is 1. The van der Waals surface area contributed by atoms with Gasteiger partial charge in [0.15, 0.2) is 0 Å². The summed E-state index contributed by atoms with van der Waals surface area (Å²) in [7, 11) is 0. The van der Waals surface area contributed by atoms with E-state index in [-0.39, 0.29) is 29.7 Å². The van der Waals surface area contributed by atoms with E-state index in [2.05, 4.69) is 10.6 Å². The van der Waals surface area contributed by atoms with Crippen LogP contribution < -0.4 is 10.6 Å². The number of carboxylic acid groups (broad SMARTS) is 1. The highest BCUT2D eigenvalue weighted by molar-refractivity contribution is 5.81. The minimum atomic E-state index is -0.737. The first kappa shape index (κ1) is 12.9. The van der Waals surface area contributed by atoms with Gasteiger partial charge < -0.3 is 15.7 Å². The normalized spacial score (nSPS) is 41.2. The van der Waals surface area contributed by atoms with E-state index in [0.717, 1.165) is 45.2 Å². The number of amides is 1. The van der Waals surface area contributed by atoms with Gasteiger partial charge in [0.05, 0.1) is 11.8 Å². The van der Waals surface area contributed by atoms with Crippen LogP contribution in [-0.2, 0) is 9.59 Å². The molecule has 5 heteroatoms. The molecule has 1 heterocycles. The summed E-state index contributed by atoms with van der Waals surface area (Å²) < 4.78 is 0. The third-order valence-electron chi connectivity index (χ3n) is 5.18. The quantitative estimate of drug-likeness (QED) is 0.699. The number of nitrogens with one attached hydrogen (secondary N) is 2. The van der Waals surface area contributed by atoms with Gasteiger partial charge in [-0.15, -0.1) is 0 Å². The van der Waals surface area contributed by atoms with Crippen LogP contribution in [0, 0.1) is 23.7 Å². The molecule has 3 N–H and O–H groups in total. The summed E-state index contributed by atoms with van der Waals surface area (Å²) in [5, 5.41) is 15.6. The molecule has 1 amide bonds. The number of piperidine rings is 1. The maximum Gasteiger partial charge on any atom is 0.308 e. The fourth-order valence-electron chi connectivity index (χ4n) is 4.21. The average Bonchev–Trinajstić information content (AvgIpc) is 3.00. The van der Waals surface area contributed by atoms with Crippen molar-refractivity contribution in [2.75, 3.05) is 13.1 Å². The van der Waals surface area contributed by atoms with Gasteiger partial charge in [-0.25, -0.2) is 0 Å². The van der Waals surface area contributed by atoms with Crippen molar-refractivity contribution in [3.8, 4) is 0 Å². The third kappa shape index (κ3) is 2.36. The molecule has 4 unspecified atom stereocenters. The molecule has 5 atom stereocenters. The molecule has 1 saturated heterocycles. The molecule has 0 aromatic heterocycles. The molecule has 3 aliphatic rings. The number of fused-ring (bicyclic) bond motifs is 2. The maximum atomic E-state index is 12.3. The van der Waals surface area contributed by atoms with Crippen LogP contribution in [-0.4, -0.2) is 36.1 Å². The Balaban J connectivity index is 1.64. The molecule has 0 spiro atoms. The van der Waals surface area contributed by atoms with Crippen LogP contribution in [0.25, 0.3) is 0 Å². The smallest absolute Gasteiger partial charge is 0.308 e. The Morgan fingerprint density at radius 1 is 1.16 bits per heavy atom. The Labute approximate surface area is 113 Å². The molecule has 0 radical (unpaired) electrons. The molecule has 19 heavy (non-hydrogen) atoms. The fraction of sp³-hybridized carbons (Fsp3) is 0.857. The van der Waals surface area contributed by atoms with Crippen molar-refractivity contribution in [3.63, 3.8) is 0 Å². The van der Waals surface area contributed by atoms with Gasteiger partial charge >= 0.3 is 5.97 Å². The number of carbonyl (C=O) groups excluding carboxylic acids is 1. The van der Waals surface area contributed by atoms with Gasteiger partial charge in [-0.3, -0.25) is 9.59 Å². The van der Waals surface area contributed by atoms with Crippen LogP contribution >= 0.6 is 0 Å². The predicted molar refractivity (Wildman–Crippen MR) is 69.5 cm³/mol. The van der Waals surface area contributed by atoms with Crippen LogP contribution in [0.1, 0.15) is 32.1 Å². The number of hydrogen-bond acceptors (Lipinski definition) is 3. The second-order valence-electron chi connectivity index (χ2n) is 6.27. The number of carbonyl (C=O) groups is 2. The third-order valence-corrected chi connectivity index (χ3v) is 5.18. The Morgan fingerprint density at radius 2 is 1.95 bits per heavy atom.